The van der Waals surface area contributed by atoms with Gasteiger partial charge in [-0.2, -0.15) is 0 Å². The molecule has 0 unspecified atom stereocenters. The Morgan fingerprint density at radius 3 is 2.44 bits per heavy atom. The number of nitrogens with zero attached hydrogens (tertiary/aromatic N) is 1. The first-order valence-corrected chi connectivity index (χ1v) is 9.20. The molecule has 1 aromatic heterocycles. The smallest absolute Gasteiger partial charge is 0.228 e. The number of methoxy groups -OCH3 is 1. The summed E-state index contributed by atoms with van der Waals surface area (Å²) < 4.78 is 10.3. The van der Waals surface area contributed by atoms with Crippen LogP contribution in [0.25, 0.3) is 0 Å². The number of para-hydroxylation sites is 1. The van der Waals surface area contributed by atoms with Gasteiger partial charge in [-0.05, 0) is 38.7 Å². The quantitative estimate of drug-likeness (QED) is 0.814. The van der Waals surface area contributed by atoms with E-state index in [-0.39, 0.29) is 23.7 Å². The summed E-state index contributed by atoms with van der Waals surface area (Å²) in [5.74, 6) is 1.68. The molecule has 144 valence electrons. The van der Waals surface area contributed by atoms with Crippen molar-refractivity contribution in [3.63, 3.8) is 0 Å². The van der Waals surface area contributed by atoms with Gasteiger partial charge >= 0.3 is 0 Å². The molecule has 2 N–H and O–H groups in total. The van der Waals surface area contributed by atoms with Crippen LogP contribution in [0.4, 0.5) is 5.82 Å². The van der Waals surface area contributed by atoms with E-state index in [0.29, 0.717) is 43.8 Å². The molecule has 7 heteroatoms. The molecule has 2 amide bonds. The molecule has 2 aromatic rings. The van der Waals surface area contributed by atoms with E-state index >= 15 is 0 Å². The lowest BCUT2D eigenvalue weighted by molar-refractivity contribution is -0.128. The third-order valence-corrected chi connectivity index (χ3v) is 4.99. The molecule has 0 radical (unpaired) electrons. The molecular weight excluding hydrogens is 346 g/mol. The first-order valence-electron chi connectivity index (χ1n) is 9.20. The van der Waals surface area contributed by atoms with Gasteiger partial charge in [0.15, 0.2) is 5.82 Å². The molecule has 1 fully saturated rings. The van der Waals surface area contributed by atoms with Crippen LogP contribution in [-0.2, 0) is 16.1 Å². The number of carbonyl (C=O) groups is 2. The molecule has 7 nitrogen and oxygen atoms in total. The zero-order valence-corrected chi connectivity index (χ0v) is 15.7. The fourth-order valence-electron chi connectivity index (χ4n) is 3.45. The molecule has 1 aromatic carbocycles. The number of ether oxygens (including phenoxy) is 1. The van der Waals surface area contributed by atoms with Gasteiger partial charge in [-0.3, -0.25) is 9.59 Å². The Kier molecular flexibility index (Phi) is 6.11. The molecule has 1 heterocycles. The summed E-state index contributed by atoms with van der Waals surface area (Å²) in [4.78, 5) is 24.8. The lowest BCUT2D eigenvalue weighted by Crippen LogP contribution is -2.35. The average molecular weight is 371 g/mol. The lowest BCUT2D eigenvalue weighted by Gasteiger charge is -2.26. The summed E-state index contributed by atoms with van der Waals surface area (Å²) in [5, 5.41) is 9.55. The molecule has 1 aliphatic rings. The van der Waals surface area contributed by atoms with Gasteiger partial charge < -0.3 is 19.9 Å². The second-order valence-electron chi connectivity index (χ2n) is 6.89. The molecule has 0 saturated heterocycles. The predicted octanol–water partition coefficient (Wildman–Crippen LogP) is 3.05. The Hall–Kier alpha value is -2.83. The van der Waals surface area contributed by atoms with Gasteiger partial charge in [0.1, 0.15) is 11.5 Å². The van der Waals surface area contributed by atoms with Crippen molar-refractivity contribution in [3.8, 4) is 5.75 Å². The number of benzene rings is 1. The highest BCUT2D eigenvalue weighted by Gasteiger charge is 2.30. The minimum absolute atomic E-state index is 0.0342. The SMILES string of the molecule is COc1ccccc1CNC(=O)C1CCC(C(=O)Nc2cc(C)on2)CC1. The Morgan fingerprint density at radius 1 is 1.15 bits per heavy atom. The second kappa shape index (κ2) is 8.70. The van der Waals surface area contributed by atoms with Crippen molar-refractivity contribution in [2.24, 2.45) is 11.8 Å². The van der Waals surface area contributed by atoms with Crippen LogP contribution in [0.2, 0.25) is 0 Å². The van der Waals surface area contributed by atoms with Gasteiger partial charge in [0.2, 0.25) is 11.8 Å². The van der Waals surface area contributed by atoms with E-state index in [1.165, 1.54) is 0 Å². The molecule has 27 heavy (non-hydrogen) atoms. The van der Waals surface area contributed by atoms with Crippen molar-refractivity contribution in [2.45, 2.75) is 39.2 Å². The fraction of sp³-hybridized carbons (Fsp3) is 0.450. The zero-order valence-electron chi connectivity index (χ0n) is 15.7. The minimum atomic E-state index is -0.0970. The monoisotopic (exact) mass is 371 g/mol. The number of carbonyl (C=O) groups excluding carboxylic acids is 2. The van der Waals surface area contributed by atoms with E-state index in [9.17, 15) is 9.59 Å². The normalized spacial score (nSPS) is 19.3. The van der Waals surface area contributed by atoms with Gasteiger partial charge in [-0.25, -0.2) is 0 Å². The lowest BCUT2D eigenvalue weighted by atomic mass is 9.81. The minimum Gasteiger partial charge on any atom is -0.496 e. The van der Waals surface area contributed by atoms with Crippen molar-refractivity contribution < 1.29 is 18.8 Å². The van der Waals surface area contributed by atoms with Crippen molar-refractivity contribution in [2.75, 3.05) is 12.4 Å². The first-order chi connectivity index (χ1) is 13.1. The van der Waals surface area contributed by atoms with Gasteiger partial charge in [0.05, 0.1) is 7.11 Å². The van der Waals surface area contributed by atoms with Gasteiger partial charge in [-0.1, -0.05) is 23.4 Å². The largest absolute Gasteiger partial charge is 0.496 e. The fourth-order valence-corrected chi connectivity index (χ4v) is 3.45. The Balaban J connectivity index is 1.45. The average Bonchev–Trinajstić information content (AvgIpc) is 3.11. The standard InChI is InChI=1S/C20H25N3O4/c1-13-11-18(23-27-13)22-20(25)15-9-7-14(8-10-15)19(24)21-12-16-5-3-4-6-17(16)26-2/h3-6,11,14-15H,7-10,12H2,1-2H3,(H,21,24)(H,22,23,25). The van der Waals surface area contributed by atoms with E-state index in [1.54, 1.807) is 20.1 Å². The molecule has 1 saturated carbocycles. The van der Waals surface area contributed by atoms with E-state index in [2.05, 4.69) is 15.8 Å². The Labute approximate surface area is 158 Å². The molecular formula is C20H25N3O4. The summed E-state index contributed by atoms with van der Waals surface area (Å²) in [6.07, 6.45) is 2.78. The molecule has 0 bridgehead atoms. The Morgan fingerprint density at radius 2 is 1.81 bits per heavy atom. The maximum Gasteiger partial charge on any atom is 0.228 e. The molecule has 0 atom stereocenters. The number of rotatable bonds is 6. The number of nitrogens with one attached hydrogen (secondary N) is 2. The van der Waals surface area contributed by atoms with E-state index in [1.807, 2.05) is 24.3 Å². The molecule has 0 aliphatic heterocycles. The van der Waals surface area contributed by atoms with Crippen LogP contribution in [0.15, 0.2) is 34.9 Å². The number of hydrogen-bond acceptors (Lipinski definition) is 5. The summed E-state index contributed by atoms with van der Waals surface area (Å²) in [6, 6.07) is 9.32. The van der Waals surface area contributed by atoms with Crippen molar-refractivity contribution in [1.82, 2.24) is 10.5 Å². The van der Waals surface area contributed by atoms with Crippen LogP contribution < -0.4 is 15.4 Å². The van der Waals surface area contributed by atoms with Crippen LogP contribution in [0.5, 0.6) is 5.75 Å². The Bertz CT molecular complexity index is 794. The summed E-state index contributed by atoms with van der Waals surface area (Å²) in [5.41, 5.74) is 0.948. The number of anilines is 1. The third-order valence-electron chi connectivity index (χ3n) is 4.99. The van der Waals surface area contributed by atoms with Crippen LogP contribution in [0, 0.1) is 18.8 Å². The highest BCUT2D eigenvalue weighted by Crippen LogP contribution is 2.30. The number of aryl methyl sites for hydroxylation is 1. The van der Waals surface area contributed by atoms with Crippen LogP contribution in [0.1, 0.15) is 37.0 Å². The van der Waals surface area contributed by atoms with Crippen molar-refractivity contribution in [1.29, 1.82) is 0 Å². The number of amides is 2. The molecule has 0 spiro atoms. The van der Waals surface area contributed by atoms with Crippen LogP contribution >= 0.6 is 0 Å². The van der Waals surface area contributed by atoms with Crippen molar-refractivity contribution >= 4 is 17.6 Å². The first kappa shape index (κ1) is 18.9. The predicted molar refractivity (Wildman–Crippen MR) is 100 cm³/mol. The second-order valence-corrected chi connectivity index (χ2v) is 6.89. The summed E-state index contributed by atoms with van der Waals surface area (Å²) >= 11 is 0. The van der Waals surface area contributed by atoms with Crippen LogP contribution in [-0.4, -0.2) is 24.1 Å². The molecule has 1 aliphatic carbocycles. The highest BCUT2D eigenvalue weighted by atomic mass is 16.5. The maximum atomic E-state index is 12.5. The third kappa shape index (κ3) is 4.87. The molecule has 3 rings (SSSR count). The van der Waals surface area contributed by atoms with E-state index in [4.69, 9.17) is 9.26 Å². The van der Waals surface area contributed by atoms with E-state index in [0.717, 1.165) is 11.3 Å². The van der Waals surface area contributed by atoms with Crippen molar-refractivity contribution in [3.05, 3.63) is 41.7 Å². The van der Waals surface area contributed by atoms with Gasteiger partial charge in [0.25, 0.3) is 0 Å². The highest BCUT2D eigenvalue weighted by molar-refractivity contribution is 5.91. The van der Waals surface area contributed by atoms with E-state index < -0.39 is 0 Å². The summed E-state index contributed by atoms with van der Waals surface area (Å²) in [7, 11) is 1.62. The maximum absolute atomic E-state index is 12.5. The zero-order chi connectivity index (χ0) is 19.2. The number of aromatic nitrogens is 1. The summed E-state index contributed by atoms with van der Waals surface area (Å²) in [6.45, 7) is 2.21. The number of hydrogen-bond donors (Lipinski definition) is 2. The van der Waals surface area contributed by atoms with Crippen LogP contribution in [0.3, 0.4) is 0 Å². The van der Waals surface area contributed by atoms with Gasteiger partial charge in [-0.15, -0.1) is 0 Å². The topological polar surface area (TPSA) is 93.5 Å². The van der Waals surface area contributed by atoms with Gasteiger partial charge in [0, 0.05) is 30.0 Å².